The Morgan fingerprint density at radius 3 is 2.62 bits per heavy atom. The molecule has 0 N–H and O–H groups in total. The molecule has 0 spiro atoms. The van der Waals surface area contributed by atoms with E-state index in [0.29, 0.717) is 5.92 Å². The van der Waals surface area contributed by atoms with Crippen LogP contribution in [0.1, 0.15) is 19.4 Å². The maximum Gasteiger partial charge on any atom is 0.0574 e. The van der Waals surface area contributed by atoms with Crippen LogP contribution in [0, 0.1) is 5.92 Å². The smallest absolute Gasteiger partial charge is 0.0574 e. The Morgan fingerprint density at radius 1 is 1.06 bits per heavy atom. The van der Waals surface area contributed by atoms with Crippen LogP contribution in [0.4, 0.5) is 0 Å². The molecule has 0 saturated heterocycles. The molecule has 0 aliphatic heterocycles. The van der Waals surface area contributed by atoms with Crippen molar-refractivity contribution in [2.75, 3.05) is 0 Å². The molecule has 0 fully saturated rings. The third-order valence-corrected chi connectivity index (χ3v) is 2.49. The molecule has 1 heterocycles. The maximum absolute atomic E-state index is 3.90. The van der Waals surface area contributed by atoms with E-state index in [-0.39, 0.29) is 0 Å². The number of hydrogen-bond acceptors (Lipinski definition) is 2. The van der Waals surface area contributed by atoms with E-state index >= 15 is 0 Å². The normalized spacial score (nSPS) is 10.7. The predicted molar refractivity (Wildman–Crippen MR) is 66.0 cm³/mol. The molecule has 2 nitrogen and oxygen atoms in total. The summed E-state index contributed by atoms with van der Waals surface area (Å²) >= 11 is 0. The van der Waals surface area contributed by atoms with Gasteiger partial charge >= 0.3 is 0 Å². The lowest BCUT2D eigenvalue weighted by Crippen LogP contribution is -1.94. The summed E-state index contributed by atoms with van der Waals surface area (Å²) in [5, 5.41) is 7.69. The van der Waals surface area contributed by atoms with Gasteiger partial charge in [0.1, 0.15) is 0 Å². The summed E-state index contributed by atoms with van der Waals surface area (Å²) in [5.74, 6) is 0.686. The minimum atomic E-state index is 0.686. The summed E-state index contributed by atoms with van der Waals surface area (Å²) in [6, 6.07) is 10.6. The topological polar surface area (TPSA) is 25.8 Å². The van der Waals surface area contributed by atoms with Crippen molar-refractivity contribution in [1.29, 1.82) is 0 Å². The van der Waals surface area contributed by atoms with Gasteiger partial charge in [-0.2, -0.15) is 10.2 Å². The first-order valence-corrected chi connectivity index (χ1v) is 5.61. The van der Waals surface area contributed by atoms with Gasteiger partial charge in [-0.1, -0.05) is 38.1 Å². The van der Waals surface area contributed by atoms with Crippen LogP contribution in [-0.4, -0.2) is 10.2 Å². The Morgan fingerprint density at radius 2 is 1.94 bits per heavy atom. The quantitative estimate of drug-likeness (QED) is 0.779. The van der Waals surface area contributed by atoms with E-state index < -0.39 is 0 Å². The second kappa shape index (κ2) is 4.88. The Kier molecular flexibility index (Phi) is 3.30. The molecule has 0 radical (unpaired) electrons. The van der Waals surface area contributed by atoms with Crippen LogP contribution >= 0.6 is 0 Å². The van der Waals surface area contributed by atoms with Crippen LogP contribution in [0.3, 0.4) is 0 Å². The van der Waals surface area contributed by atoms with Crippen LogP contribution in [0.2, 0.25) is 0 Å². The summed E-state index contributed by atoms with van der Waals surface area (Å²) in [6.07, 6.45) is 4.64. The number of aromatic nitrogens is 2. The molecule has 0 aliphatic carbocycles. The SMILES string of the molecule is CC(C)Cc1cccc(-c2ccnnc2)c1. The van der Waals surface area contributed by atoms with E-state index in [1.54, 1.807) is 12.4 Å². The largest absolute Gasteiger partial charge is 0.159 e. The highest BCUT2D eigenvalue weighted by Gasteiger charge is 2.01. The van der Waals surface area contributed by atoms with Crippen LogP contribution in [0.15, 0.2) is 42.7 Å². The Balaban J connectivity index is 2.29. The van der Waals surface area contributed by atoms with Crippen LogP contribution in [0.5, 0.6) is 0 Å². The van der Waals surface area contributed by atoms with Gasteiger partial charge in [0.15, 0.2) is 0 Å². The van der Waals surface area contributed by atoms with Crippen molar-refractivity contribution >= 4 is 0 Å². The van der Waals surface area contributed by atoms with Crippen molar-refractivity contribution in [2.24, 2.45) is 5.92 Å². The lowest BCUT2D eigenvalue weighted by molar-refractivity contribution is 0.647. The van der Waals surface area contributed by atoms with Gasteiger partial charge in [0, 0.05) is 5.56 Å². The first-order valence-electron chi connectivity index (χ1n) is 5.61. The molecule has 2 aromatic rings. The summed E-state index contributed by atoms with van der Waals surface area (Å²) in [7, 11) is 0. The average molecular weight is 212 g/mol. The Bertz CT molecular complexity index is 449. The fourth-order valence-electron chi connectivity index (χ4n) is 1.81. The molecule has 0 aliphatic rings. The third-order valence-electron chi connectivity index (χ3n) is 2.49. The van der Waals surface area contributed by atoms with Gasteiger partial charge in [0.25, 0.3) is 0 Å². The molecule has 0 amide bonds. The number of rotatable bonds is 3. The van der Waals surface area contributed by atoms with E-state index in [4.69, 9.17) is 0 Å². The van der Waals surface area contributed by atoms with E-state index in [2.05, 4.69) is 48.3 Å². The molecule has 1 aromatic heterocycles. The molecular formula is C14H16N2. The second-order valence-corrected chi connectivity index (χ2v) is 4.43. The lowest BCUT2D eigenvalue weighted by Gasteiger charge is -2.07. The van der Waals surface area contributed by atoms with Crippen molar-refractivity contribution < 1.29 is 0 Å². The molecule has 2 rings (SSSR count). The zero-order valence-electron chi connectivity index (χ0n) is 9.72. The fourth-order valence-corrected chi connectivity index (χ4v) is 1.81. The van der Waals surface area contributed by atoms with Gasteiger partial charge in [-0.3, -0.25) is 0 Å². The monoisotopic (exact) mass is 212 g/mol. The molecule has 82 valence electrons. The van der Waals surface area contributed by atoms with Crippen molar-refractivity contribution in [1.82, 2.24) is 10.2 Å². The second-order valence-electron chi connectivity index (χ2n) is 4.43. The van der Waals surface area contributed by atoms with Crippen molar-refractivity contribution in [3.63, 3.8) is 0 Å². The standard InChI is InChI=1S/C14H16N2/c1-11(2)8-12-4-3-5-13(9-12)14-6-7-15-16-10-14/h3-7,9-11H,8H2,1-2H3. The zero-order chi connectivity index (χ0) is 11.4. The average Bonchev–Trinajstić information content (AvgIpc) is 2.30. The summed E-state index contributed by atoms with van der Waals surface area (Å²) in [5.41, 5.74) is 3.72. The lowest BCUT2D eigenvalue weighted by atomic mass is 9.99. The summed E-state index contributed by atoms with van der Waals surface area (Å²) in [6.45, 7) is 4.47. The Hall–Kier alpha value is -1.70. The molecule has 0 saturated carbocycles. The van der Waals surface area contributed by atoms with Gasteiger partial charge in [-0.05, 0) is 29.5 Å². The van der Waals surface area contributed by atoms with Gasteiger partial charge in [0.2, 0.25) is 0 Å². The molecule has 1 aromatic carbocycles. The van der Waals surface area contributed by atoms with Crippen LogP contribution in [-0.2, 0) is 6.42 Å². The summed E-state index contributed by atoms with van der Waals surface area (Å²) < 4.78 is 0. The van der Waals surface area contributed by atoms with E-state index in [0.717, 1.165) is 12.0 Å². The maximum atomic E-state index is 3.90. The van der Waals surface area contributed by atoms with Gasteiger partial charge < -0.3 is 0 Å². The molecule has 16 heavy (non-hydrogen) atoms. The summed E-state index contributed by atoms with van der Waals surface area (Å²) in [4.78, 5) is 0. The molecule has 0 bridgehead atoms. The first kappa shape index (κ1) is 10.8. The number of hydrogen-bond donors (Lipinski definition) is 0. The zero-order valence-corrected chi connectivity index (χ0v) is 9.72. The number of benzene rings is 1. The fraction of sp³-hybridized carbons (Fsp3) is 0.286. The highest BCUT2D eigenvalue weighted by molar-refractivity contribution is 5.62. The first-order chi connectivity index (χ1) is 7.75. The molecular weight excluding hydrogens is 196 g/mol. The van der Waals surface area contributed by atoms with Gasteiger partial charge in [-0.25, -0.2) is 0 Å². The van der Waals surface area contributed by atoms with Gasteiger partial charge in [0.05, 0.1) is 12.4 Å². The predicted octanol–water partition coefficient (Wildman–Crippen LogP) is 3.34. The third kappa shape index (κ3) is 2.66. The van der Waals surface area contributed by atoms with E-state index in [1.807, 2.05) is 6.07 Å². The van der Waals surface area contributed by atoms with Crippen molar-refractivity contribution in [2.45, 2.75) is 20.3 Å². The Labute approximate surface area is 96.4 Å². The molecule has 0 atom stereocenters. The van der Waals surface area contributed by atoms with E-state index in [9.17, 15) is 0 Å². The van der Waals surface area contributed by atoms with Crippen molar-refractivity contribution in [3.05, 3.63) is 48.3 Å². The van der Waals surface area contributed by atoms with Gasteiger partial charge in [-0.15, -0.1) is 0 Å². The highest BCUT2D eigenvalue weighted by Crippen LogP contribution is 2.20. The highest BCUT2D eigenvalue weighted by atomic mass is 15.1. The molecule has 0 unspecified atom stereocenters. The minimum absolute atomic E-state index is 0.686. The van der Waals surface area contributed by atoms with Crippen LogP contribution in [0.25, 0.3) is 11.1 Å². The molecule has 2 heteroatoms. The van der Waals surface area contributed by atoms with Crippen molar-refractivity contribution in [3.8, 4) is 11.1 Å². The van der Waals surface area contributed by atoms with Crippen LogP contribution < -0.4 is 0 Å². The minimum Gasteiger partial charge on any atom is -0.159 e. The number of nitrogens with zero attached hydrogens (tertiary/aromatic N) is 2. The van der Waals surface area contributed by atoms with E-state index in [1.165, 1.54) is 11.1 Å².